The van der Waals surface area contributed by atoms with Crippen molar-refractivity contribution in [3.8, 4) is 0 Å². The van der Waals surface area contributed by atoms with Gasteiger partial charge in [-0.3, -0.25) is 4.79 Å². The van der Waals surface area contributed by atoms with E-state index in [1.165, 1.54) is 0 Å². The molecule has 94 valence electrons. The Morgan fingerprint density at radius 1 is 1.29 bits per heavy atom. The van der Waals surface area contributed by atoms with E-state index in [2.05, 4.69) is 0 Å². The van der Waals surface area contributed by atoms with Crippen molar-refractivity contribution in [2.24, 2.45) is 5.73 Å². The minimum absolute atomic E-state index is 0.108. The van der Waals surface area contributed by atoms with Gasteiger partial charge in [-0.05, 0) is 13.8 Å². The molecule has 0 unspecified atom stereocenters. The van der Waals surface area contributed by atoms with E-state index >= 15 is 0 Å². The van der Waals surface area contributed by atoms with Crippen molar-refractivity contribution in [1.82, 2.24) is 0 Å². The molecule has 6 heteroatoms. The minimum atomic E-state index is -1.16. The molecule has 0 aliphatic rings. The van der Waals surface area contributed by atoms with Gasteiger partial charge in [0.25, 0.3) is 0 Å². The summed E-state index contributed by atoms with van der Waals surface area (Å²) in [5.74, 6) is -4.00. The molecule has 0 aromatic heterocycles. The van der Waals surface area contributed by atoms with Crippen molar-refractivity contribution in [2.45, 2.75) is 25.8 Å². The quantitative estimate of drug-likeness (QED) is 0.858. The van der Waals surface area contributed by atoms with Crippen LogP contribution in [0.4, 0.5) is 18.9 Å². The average Bonchev–Trinajstić information content (AvgIpc) is 2.08. The Kier molecular flexibility index (Phi) is 3.77. The monoisotopic (exact) mass is 246 g/mol. The first-order chi connectivity index (χ1) is 7.69. The van der Waals surface area contributed by atoms with Gasteiger partial charge in [-0.15, -0.1) is 0 Å². The lowest BCUT2D eigenvalue weighted by molar-refractivity contribution is -0.117. The lowest BCUT2D eigenvalue weighted by Crippen LogP contribution is -2.36. The molecule has 0 aliphatic heterocycles. The summed E-state index contributed by atoms with van der Waals surface area (Å²) in [4.78, 5) is 11.4. The third kappa shape index (κ3) is 4.07. The van der Waals surface area contributed by atoms with E-state index < -0.39 is 34.6 Å². The predicted molar refractivity (Wildman–Crippen MR) is 57.8 cm³/mol. The van der Waals surface area contributed by atoms with Crippen LogP contribution in [0.25, 0.3) is 0 Å². The van der Waals surface area contributed by atoms with Gasteiger partial charge in [-0.2, -0.15) is 0 Å². The third-order valence-corrected chi connectivity index (χ3v) is 1.89. The zero-order valence-electron chi connectivity index (χ0n) is 9.48. The van der Waals surface area contributed by atoms with Gasteiger partial charge in [0.1, 0.15) is 11.5 Å². The highest BCUT2D eigenvalue weighted by Crippen LogP contribution is 2.20. The molecular weight excluding hydrogens is 233 g/mol. The maximum atomic E-state index is 13.2. The number of benzene rings is 1. The molecular formula is C11H13F3N2O. The molecule has 0 saturated carbocycles. The molecule has 17 heavy (non-hydrogen) atoms. The Labute approximate surface area is 96.8 Å². The van der Waals surface area contributed by atoms with Crippen LogP contribution in [0.2, 0.25) is 0 Å². The number of rotatable bonds is 3. The van der Waals surface area contributed by atoms with E-state index in [1.807, 2.05) is 5.32 Å². The van der Waals surface area contributed by atoms with Gasteiger partial charge in [-0.1, -0.05) is 0 Å². The van der Waals surface area contributed by atoms with Gasteiger partial charge in [0.05, 0.1) is 0 Å². The molecule has 0 heterocycles. The van der Waals surface area contributed by atoms with Crippen LogP contribution in [0, 0.1) is 17.5 Å². The van der Waals surface area contributed by atoms with Gasteiger partial charge < -0.3 is 11.1 Å². The van der Waals surface area contributed by atoms with Crippen molar-refractivity contribution < 1.29 is 18.0 Å². The van der Waals surface area contributed by atoms with Gasteiger partial charge in [-0.25, -0.2) is 13.2 Å². The summed E-state index contributed by atoms with van der Waals surface area (Å²) in [6.07, 6.45) is -0.108. The van der Waals surface area contributed by atoms with E-state index in [0.717, 1.165) is 0 Å². The van der Waals surface area contributed by atoms with Gasteiger partial charge in [0.2, 0.25) is 5.91 Å². The van der Waals surface area contributed by atoms with Gasteiger partial charge in [0.15, 0.2) is 11.6 Å². The summed E-state index contributed by atoms with van der Waals surface area (Å²) < 4.78 is 39.0. The Bertz CT molecular complexity index is 418. The first kappa shape index (κ1) is 13.5. The molecule has 0 atom stereocenters. The summed E-state index contributed by atoms with van der Waals surface area (Å²) in [5.41, 5.74) is 4.12. The average molecular weight is 246 g/mol. The molecule has 1 aromatic carbocycles. The van der Waals surface area contributed by atoms with Crippen LogP contribution < -0.4 is 11.1 Å². The SMILES string of the molecule is CC(C)(N)CC(=O)Nc1c(F)cc(F)cc1F. The predicted octanol–water partition coefficient (Wildman–Crippen LogP) is 2.17. The van der Waals surface area contributed by atoms with Crippen molar-refractivity contribution >= 4 is 11.6 Å². The number of amides is 1. The number of carbonyl (C=O) groups excluding carboxylic acids is 1. The van der Waals surface area contributed by atoms with Crippen LogP contribution >= 0.6 is 0 Å². The maximum Gasteiger partial charge on any atom is 0.226 e. The fraction of sp³-hybridized carbons (Fsp3) is 0.364. The molecule has 1 aromatic rings. The van der Waals surface area contributed by atoms with E-state index in [-0.39, 0.29) is 6.42 Å². The number of hydrogen-bond donors (Lipinski definition) is 2. The summed E-state index contributed by atoms with van der Waals surface area (Å²) in [6.45, 7) is 3.20. The van der Waals surface area contributed by atoms with Crippen LogP contribution in [-0.2, 0) is 4.79 Å². The number of nitrogens with two attached hydrogens (primary N) is 1. The fourth-order valence-corrected chi connectivity index (χ4v) is 1.26. The van der Waals surface area contributed by atoms with Crippen molar-refractivity contribution in [3.05, 3.63) is 29.6 Å². The van der Waals surface area contributed by atoms with Gasteiger partial charge in [0, 0.05) is 24.1 Å². The molecule has 0 radical (unpaired) electrons. The molecule has 0 spiro atoms. The molecule has 3 N–H and O–H groups in total. The van der Waals surface area contributed by atoms with E-state index in [4.69, 9.17) is 5.73 Å². The standard InChI is InChI=1S/C11H13F3N2O/c1-11(2,15)5-9(17)16-10-7(13)3-6(12)4-8(10)14/h3-4H,5,15H2,1-2H3,(H,16,17). The number of halogens is 3. The minimum Gasteiger partial charge on any atom is -0.325 e. The van der Waals surface area contributed by atoms with E-state index in [0.29, 0.717) is 12.1 Å². The second-order valence-electron chi connectivity index (χ2n) is 4.46. The fourth-order valence-electron chi connectivity index (χ4n) is 1.26. The Morgan fingerprint density at radius 2 is 1.76 bits per heavy atom. The summed E-state index contributed by atoms with van der Waals surface area (Å²) in [5, 5.41) is 2.03. The van der Waals surface area contributed by atoms with Crippen LogP contribution in [0.3, 0.4) is 0 Å². The number of hydrogen-bond acceptors (Lipinski definition) is 2. The summed E-state index contributed by atoms with van der Waals surface area (Å²) >= 11 is 0. The Morgan fingerprint density at radius 3 is 2.18 bits per heavy atom. The maximum absolute atomic E-state index is 13.2. The van der Waals surface area contributed by atoms with Crippen molar-refractivity contribution in [3.63, 3.8) is 0 Å². The zero-order chi connectivity index (χ0) is 13.2. The summed E-state index contributed by atoms with van der Waals surface area (Å²) in [6, 6.07) is 0.985. The van der Waals surface area contributed by atoms with Crippen molar-refractivity contribution in [2.75, 3.05) is 5.32 Å². The second-order valence-corrected chi connectivity index (χ2v) is 4.46. The lowest BCUT2D eigenvalue weighted by Gasteiger charge is -2.17. The first-order valence-corrected chi connectivity index (χ1v) is 4.92. The molecule has 0 bridgehead atoms. The molecule has 0 saturated heterocycles. The van der Waals surface area contributed by atoms with Crippen LogP contribution in [0.1, 0.15) is 20.3 Å². The number of nitrogens with one attached hydrogen (secondary N) is 1. The van der Waals surface area contributed by atoms with Crippen LogP contribution in [0.15, 0.2) is 12.1 Å². The van der Waals surface area contributed by atoms with Crippen molar-refractivity contribution in [1.29, 1.82) is 0 Å². The molecule has 3 nitrogen and oxygen atoms in total. The Hall–Kier alpha value is -1.56. The highest BCUT2D eigenvalue weighted by molar-refractivity contribution is 5.91. The highest BCUT2D eigenvalue weighted by Gasteiger charge is 2.19. The van der Waals surface area contributed by atoms with Crippen LogP contribution in [0.5, 0.6) is 0 Å². The number of anilines is 1. The summed E-state index contributed by atoms with van der Waals surface area (Å²) in [7, 11) is 0. The normalized spacial score (nSPS) is 11.4. The van der Waals surface area contributed by atoms with Gasteiger partial charge >= 0.3 is 0 Å². The topological polar surface area (TPSA) is 55.1 Å². The third-order valence-electron chi connectivity index (χ3n) is 1.89. The lowest BCUT2D eigenvalue weighted by atomic mass is 10.0. The molecule has 0 fully saturated rings. The molecule has 1 amide bonds. The van der Waals surface area contributed by atoms with E-state index in [1.54, 1.807) is 13.8 Å². The first-order valence-electron chi connectivity index (χ1n) is 4.92. The largest absolute Gasteiger partial charge is 0.325 e. The smallest absolute Gasteiger partial charge is 0.226 e. The number of carbonyl (C=O) groups is 1. The molecule has 1 rings (SSSR count). The zero-order valence-corrected chi connectivity index (χ0v) is 9.48. The van der Waals surface area contributed by atoms with Crippen LogP contribution in [-0.4, -0.2) is 11.4 Å². The Balaban J connectivity index is 2.86. The second kappa shape index (κ2) is 4.75. The molecule has 0 aliphatic carbocycles. The van der Waals surface area contributed by atoms with E-state index in [9.17, 15) is 18.0 Å². The highest BCUT2D eigenvalue weighted by atomic mass is 19.1.